The summed E-state index contributed by atoms with van der Waals surface area (Å²) in [6, 6.07) is 17.5. The number of aryl methyl sites for hydroxylation is 2. The summed E-state index contributed by atoms with van der Waals surface area (Å²) in [4.78, 5) is 23.5. The predicted octanol–water partition coefficient (Wildman–Crippen LogP) is 5.73. The lowest BCUT2D eigenvalue weighted by Crippen LogP contribution is -2.29. The lowest BCUT2D eigenvalue weighted by molar-refractivity contribution is -0.115. The van der Waals surface area contributed by atoms with Gasteiger partial charge < -0.3 is 24.8 Å². The SMILES string of the molecule is CCC(=O)Nc1ccc(N2C(=S)N[C@H](c3ccccn3)[C@H]2c2cc(C)n(-c3ncccc3C)c2C)cc1OC. The van der Waals surface area contributed by atoms with Crippen LogP contribution < -0.4 is 20.3 Å². The summed E-state index contributed by atoms with van der Waals surface area (Å²) in [7, 11) is 1.60. The third-order valence-corrected chi connectivity index (χ3v) is 7.45. The van der Waals surface area contributed by atoms with E-state index in [1.165, 1.54) is 0 Å². The zero-order valence-corrected chi connectivity index (χ0v) is 23.5. The van der Waals surface area contributed by atoms with E-state index in [-0.39, 0.29) is 18.0 Å². The standard InChI is InChI=1S/C30H32N6O2S/c1-6-26(37)33-23-13-12-21(17-25(23)38-5)36-28(27(34-30(36)39)24-11-7-8-14-31-24)22-16-19(3)35(20(22)4)29-18(2)10-9-15-32-29/h7-17,27-28H,6H2,1-5H3,(H,33,37)(H,34,39)/t27-,28-/m1/s1. The van der Waals surface area contributed by atoms with Crippen LogP contribution in [0.25, 0.3) is 5.82 Å². The van der Waals surface area contributed by atoms with Crippen LogP contribution in [-0.2, 0) is 4.79 Å². The van der Waals surface area contributed by atoms with E-state index in [0.29, 0.717) is 23.0 Å². The molecule has 2 atom stereocenters. The number of pyridine rings is 2. The largest absolute Gasteiger partial charge is 0.494 e. The van der Waals surface area contributed by atoms with E-state index in [4.69, 9.17) is 17.0 Å². The van der Waals surface area contributed by atoms with Gasteiger partial charge in [0.2, 0.25) is 5.91 Å². The molecule has 1 aromatic carbocycles. The third kappa shape index (κ3) is 4.85. The highest BCUT2D eigenvalue weighted by Crippen LogP contribution is 2.45. The van der Waals surface area contributed by atoms with Crippen molar-refractivity contribution in [3.8, 4) is 11.6 Å². The number of benzene rings is 1. The fraction of sp³-hybridized carbons (Fsp3) is 0.267. The van der Waals surface area contributed by atoms with Gasteiger partial charge in [0.1, 0.15) is 11.6 Å². The van der Waals surface area contributed by atoms with Crippen LogP contribution in [0.15, 0.2) is 67.0 Å². The third-order valence-electron chi connectivity index (χ3n) is 7.14. The van der Waals surface area contributed by atoms with Crippen LogP contribution in [0.5, 0.6) is 5.75 Å². The molecule has 0 spiro atoms. The maximum absolute atomic E-state index is 12.1. The molecule has 4 heterocycles. The van der Waals surface area contributed by atoms with Gasteiger partial charge in [0, 0.05) is 42.0 Å². The first-order valence-corrected chi connectivity index (χ1v) is 13.3. The number of carbonyl (C=O) groups is 1. The highest BCUT2D eigenvalue weighted by molar-refractivity contribution is 7.80. The molecule has 1 saturated heterocycles. The Kier molecular flexibility index (Phi) is 7.34. The molecule has 8 nitrogen and oxygen atoms in total. The van der Waals surface area contributed by atoms with Gasteiger partial charge in [-0.05, 0) is 80.5 Å². The van der Waals surface area contributed by atoms with Crippen molar-refractivity contribution < 1.29 is 9.53 Å². The van der Waals surface area contributed by atoms with E-state index in [1.54, 1.807) is 13.3 Å². The van der Waals surface area contributed by atoms with E-state index in [0.717, 1.165) is 39.7 Å². The van der Waals surface area contributed by atoms with E-state index in [9.17, 15) is 4.79 Å². The van der Waals surface area contributed by atoms with Crippen molar-refractivity contribution in [1.82, 2.24) is 19.9 Å². The average molecular weight is 541 g/mol. The van der Waals surface area contributed by atoms with Crippen molar-refractivity contribution in [3.63, 3.8) is 0 Å². The lowest BCUT2D eigenvalue weighted by atomic mass is 9.96. The Balaban J connectivity index is 1.66. The topological polar surface area (TPSA) is 84.3 Å². The van der Waals surface area contributed by atoms with Crippen molar-refractivity contribution >= 4 is 34.6 Å². The molecule has 1 aliphatic rings. The molecule has 1 fully saturated rings. The summed E-state index contributed by atoms with van der Waals surface area (Å²) in [6.45, 7) is 8.10. The van der Waals surface area contributed by atoms with Crippen molar-refractivity contribution in [1.29, 1.82) is 0 Å². The molecule has 0 aliphatic carbocycles. The number of carbonyl (C=O) groups excluding carboxylic acids is 1. The molecule has 9 heteroatoms. The molecule has 39 heavy (non-hydrogen) atoms. The van der Waals surface area contributed by atoms with Gasteiger partial charge in [0.25, 0.3) is 0 Å². The van der Waals surface area contributed by atoms with E-state index < -0.39 is 0 Å². The minimum Gasteiger partial charge on any atom is -0.494 e. The van der Waals surface area contributed by atoms with Crippen molar-refractivity contribution in [2.75, 3.05) is 17.3 Å². The van der Waals surface area contributed by atoms with Crippen LogP contribution >= 0.6 is 12.2 Å². The molecule has 0 unspecified atom stereocenters. The molecule has 0 saturated carbocycles. The summed E-state index contributed by atoms with van der Waals surface area (Å²) in [5.41, 5.74) is 6.73. The smallest absolute Gasteiger partial charge is 0.224 e. The number of hydrogen-bond donors (Lipinski definition) is 2. The van der Waals surface area contributed by atoms with Gasteiger partial charge in [-0.15, -0.1) is 0 Å². The number of anilines is 2. The molecule has 200 valence electrons. The van der Waals surface area contributed by atoms with Crippen molar-refractivity contribution in [2.45, 2.75) is 46.2 Å². The van der Waals surface area contributed by atoms with Gasteiger partial charge in [0.05, 0.1) is 30.6 Å². The van der Waals surface area contributed by atoms with E-state index in [2.05, 4.69) is 63.0 Å². The number of aromatic nitrogens is 3. The molecule has 3 aromatic heterocycles. The summed E-state index contributed by atoms with van der Waals surface area (Å²) >= 11 is 5.93. The number of methoxy groups -OCH3 is 1. The molecule has 2 N–H and O–H groups in total. The Morgan fingerprint density at radius 1 is 1.08 bits per heavy atom. The number of ether oxygens (including phenoxy) is 1. The molecule has 1 amide bonds. The Hall–Kier alpha value is -4.24. The minimum absolute atomic E-state index is 0.0789. The molecule has 0 radical (unpaired) electrons. The molecule has 5 rings (SSSR count). The van der Waals surface area contributed by atoms with Gasteiger partial charge in [-0.2, -0.15) is 0 Å². The molecular weight excluding hydrogens is 508 g/mol. The minimum atomic E-state index is -0.197. The second-order valence-electron chi connectivity index (χ2n) is 9.59. The van der Waals surface area contributed by atoms with E-state index in [1.807, 2.05) is 55.6 Å². The summed E-state index contributed by atoms with van der Waals surface area (Å²) in [5, 5.41) is 7.02. The van der Waals surface area contributed by atoms with Crippen LogP contribution in [0.1, 0.15) is 53.6 Å². The quantitative estimate of drug-likeness (QED) is 0.290. The highest BCUT2D eigenvalue weighted by Gasteiger charge is 2.42. The molecule has 0 bridgehead atoms. The summed E-state index contributed by atoms with van der Waals surface area (Å²) in [6.07, 6.45) is 4.00. The monoisotopic (exact) mass is 540 g/mol. The summed E-state index contributed by atoms with van der Waals surface area (Å²) < 4.78 is 7.86. The highest BCUT2D eigenvalue weighted by atomic mass is 32.1. The van der Waals surface area contributed by atoms with Gasteiger partial charge in [0.15, 0.2) is 5.11 Å². The maximum Gasteiger partial charge on any atom is 0.224 e. The number of nitrogens with zero attached hydrogens (tertiary/aromatic N) is 4. The second kappa shape index (κ2) is 10.9. The van der Waals surface area contributed by atoms with Gasteiger partial charge in [-0.25, -0.2) is 4.98 Å². The maximum atomic E-state index is 12.1. The van der Waals surface area contributed by atoms with E-state index >= 15 is 0 Å². The van der Waals surface area contributed by atoms with Crippen LogP contribution in [0.3, 0.4) is 0 Å². The van der Waals surface area contributed by atoms with Gasteiger partial charge in [-0.1, -0.05) is 19.1 Å². The average Bonchev–Trinajstić information content (AvgIpc) is 3.44. The Bertz CT molecular complexity index is 1530. The molecule has 1 aliphatic heterocycles. The zero-order valence-electron chi connectivity index (χ0n) is 22.7. The van der Waals surface area contributed by atoms with Crippen LogP contribution in [0, 0.1) is 20.8 Å². The summed E-state index contributed by atoms with van der Waals surface area (Å²) in [5.74, 6) is 1.39. The first-order chi connectivity index (χ1) is 18.8. The number of amides is 1. The van der Waals surface area contributed by atoms with Crippen LogP contribution in [0.2, 0.25) is 0 Å². The van der Waals surface area contributed by atoms with Crippen LogP contribution in [0.4, 0.5) is 11.4 Å². The molecule has 4 aromatic rings. The van der Waals surface area contributed by atoms with Gasteiger partial charge in [-0.3, -0.25) is 9.78 Å². The number of thiocarbonyl (C=S) groups is 1. The molecular formula is C30H32N6O2S. The second-order valence-corrected chi connectivity index (χ2v) is 9.98. The van der Waals surface area contributed by atoms with Crippen molar-refractivity contribution in [2.24, 2.45) is 0 Å². The van der Waals surface area contributed by atoms with Gasteiger partial charge >= 0.3 is 0 Å². The normalized spacial score (nSPS) is 16.7. The Labute approximate surface area is 234 Å². The first-order valence-electron chi connectivity index (χ1n) is 12.9. The predicted molar refractivity (Wildman–Crippen MR) is 158 cm³/mol. The number of nitrogens with one attached hydrogen (secondary N) is 2. The lowest BCUT2D eigenvalue weighted by Gasteiger charge is -2.29. The fourth-order valence-corrected chi connectivity index (χ4v) is 5.59. The Morgan fingerprint density at radius 2 is 1.87 bits per heavy atom. The number of rotatable bonds is 7. The van der Waals surface area contributed by atoms with Crippen LogP contribution in [-0.4, -0.2) is 32.7 Å². The first kappa shape index (κ1) is 26.4. The zero-order chi connectivity index (χ0) is 27.7. The Morgan fingerprint density at radius 3 is 2.56 bits per heavy atom. The fourth-order valence-electron chi connectivity index (χ4n) is 5.25. The van der Waals surface area contributed by atoms with Crippen molar-refractivity contribution in [3.05, 3.63) is 95.2 Å². The number of hydrogen-bond acceptors (Lipinski definition) is 5.